The van der Waals surface area contributed by atoms with Gasteiger partial charge in [-0.25, -0.2) is 0 Å². The van der Waals surface area contributed by atoms with E-state index in [1.54, 1.807) is 0 Å². The molecule has 2 aliphatic heterocycles. The van der Waals surface area contributed by atoms with E-state index in [1.807, 2.05) is 0 Å². The Bertz CT molecular complexity index is 330. The van der Waals surface area contributed by atoms with Crippen LogP contribution in [-0.4, -0.2) is 26.2 Å². The van der Waals surface area contributed by atoms with Crippen molar-refractivity contribution in [3.8, 4) is 0 Å². The third-order valence-electron chi connectivity index (χ3n) is 3.78. The Hall–Kier alpha value is -1.02. The maximum absolute atomic E-state index is 3.42. The van der Waals surface area contributed by atoms with E-state index in [2.05, 4.69) is 40.5 Å². The van der Waals surface area contributed by atoms with Gasteiger partial charge < -0.3 is 10.2 Å². The molecule has 0 aromatic heterocycles. The molecule has 1 spiro atoms. The zero-order valence-corrected chi connectivity index (χ0v) is 9.08. The average Bonchev–Trinajstić information content (AvgIpc) is 2.28. The van der Waals surface area contributed by atoms with Crippen LogP contribution in [0.15, 0.2) is 30.3 Å². The largest absolute Gasteiger partial charge is 0.371 e. The summed E-state index contributed by atoms with van der Waals surface area (Å²) in [7, 11) is 0. The normalized spacial score (nSPS) is 23.9. The summed E-state index contributed by atoms with van der Waals surface area (Å²) in [6.07, 6.45) is 2.75. The lowest BCUT2D eigenvalue weighted by atomic mass is 9.75. The predicted molar refractivity (Wildman–Crippen MR) is 63.2 cm³/mol. The van der Waals surface area contributed by atoms with Gasteiger partial charge in [-0.1, -0.05) is 18.2 Å². The minimum Gasteiger partial charge on any atom is -0.371 e. The number of piperidine rings is 1. The van der Waals surface area contributed by atoms with E-state index in [9.17, 15) is 0 Å². The van der Waals surface area contributed by atoms with Crippen LogP contribution in [0.1, 0.15) is 12.8 Å². The van der Waals surface area contributed by atoms with Crippen LogP contribution >= 0.6 is 0 Å². The number of benzene rings is 1. The fourth-order valence-corrected chi connectivity index (χ4v) is 2.83. The number of nitrogens with one attached hydrogen (secondary N) is 1. The van der Waals surface area contributed by atoms with Gasteiger partial charge in [-0.2, -0.15) is 0 Å². The van der Waals surface area contributed by atoms with Gasteiger partial charge in [-0.05, 0) is 25.0 Å². The van der Waals surface area contributed by atoms with Crippen molar-refractivity contribution in [2.45, 2.75) is 12.8 Å². The van der Waals surface area contributed by atoms with E-state index in [-0.39, 0.29) is 0 Å². The molecule has 2 fully saturated rings. The minimum absolute atomic E-state index is 0.591. The van der Waals surface area contributed by atoms with Crippen molar-refractivity contribution in [3.05, 3.63) is 30.3 Å². The van der Waals surface area contributed by atoms with Crippen molar-refractivity contribution in [2.75, 3.05) is 31.1 Å². The zero-order chi connectivity index (χ0) is 10.1. The van der Waals surface area contributed by atoms with Gasteiger partial charge >= 0.3 is 0 Å². The molecule has 1 aromatic rings. The van der Waals surface area contributed by atoms with Crippen molar-refractivity contribution in [1.82, 2.24) is 5.32 Å². The number of para-hydroxylation sites is 1. The molecule has 2 aliphatic rings. The molecular formula is C13H18N2. The van der Waals surface area contributed by atoms with Crippen molar-refractivity contribution in [3.63, 3.8) is 0 Å². The number of nitrogens with zero attached hydrogens (tertiary/aromatic N) is 1. The molecule has 1 N–H and O–H groups in total. The van der Waals surface area contributed by atoms with Crippen LogP contribution in [0.25, 0.3) is 0 Å². The van der Waals surface area contributed by atoms with Gasteiger partial charge in [0.05, 0.1) is 0 Å². The van der Waals surface area contributed by atoms with Crippen LogP contribution in [0, 0.1) is 5.41 Å². The lowest BCUT2D eigenvalue weighted by Crippen LogP contribution is -2.61. The molecule has 0 atom stereocenters. The highest BCUT2D eigenvalue weighted by Crippen LogP contribution is 2.35. The van der Waals surface area contributed by atoms with Crippen LogP contribution in [0.2, 0.25) is 0 Å². The Morgan fingerprint density at radius 1 is 1.13 bits per heavy atom. The summed E-state index contributed by atoms with van der Waals surface area (Å²) in [6, 6.07) is 10.8. The Morgan fingerprint density at radius 2 is 1.93 bits per heavy atom. The molecule has 0 unspecified atom stereocenters. The molecule has 0 amide bonds. The summed E-state index contributed by atoms with van der Waals surface area (Å²) >= 11 is 0. The van der Waals surface area contributed by atoms with E-state index in [1.165, 1.54) is 44.7 Å². The maximum Gasteiger partial charge on any atom is 0.0366 e. The minimum atomic E-state index is 0.591. The number of hydrogen-bond donors (Lipinski definition) is 1. The standard InChI is InChI=1S/C13H18N2/c1-2-5-12(6-3-1)15-8-4-7-13(11-15)9-14-10-13/h1-3,5-6,14H,4,7-11H2. The van der Waals surface area contributed by atoms with Crippen LogP contribution < -0.4 is 10.2 Å². The molecule has 1 aromatic carbocycles. The van der Waals surface area contributed by atoms with Gasteiger partial charge in [0.25, 0.3) is 0 Å². The second kappa shape index (κ2) is 3.53. The smallest absolute Gasteiger partial charge is 0.0366 e. The lowest BCUT2D eigenvalue weighted by Gasteiger charge is -2.50. The lowest BCUT2D eigenvalue weighted by molar-refractivity contribution is 0.138. The monoisotopic (exact) mass is 202 g/mol. The Labute approximate surface area is 91.3 Å². The second-order valence-corrected chi connectivity index (χ2v) is 4.96. The average molecular weight is 202 g/mol. The summed E-state index contributed by atoms with van der Waals surface area (Å²) in [5.74, 6) is 0. The first-order valence-electron chi connectivity index (χ1n) is 5.89. The first-order valence-corrected chi connectivity index (χ1v) is 5.89. The fourth-order valence-electron chi connectivity index (χ4n) is 2.83. The third-order valence-corrected chi connectivity index (χ3v) is 3.78. The third kappa shape index (κ3) is 1.63. The zero-order valence-electron chi connectivity index (χ0n) is 9.08. The Kier molecular flexibility index (Phi) is 2.17. The second-order valence-electron chi connectivity index (χ2n) is 4.96. The molecule has 0 radical (unpaired) electrons. The van der Waals surface area contributed by atoms with Gasteiger partial charge in [0.2, 0.25) is 0 Å². The van der Waals surface area contributed by atoms with Crippen LogP contribution in [0.4, 0.5) is 5.69 Å². The highest BCUT2D eigenvalue weighted by Gasteiger charge is 2.40. The van der Waals surface area contributed by atoms with Crippen molar-refractivity contribution in [1.29, 1.82) is 0 Å². The molecule has 0 saturated carbocycles. The van der Waals surface area contributed by atoms with Gasteiger partial charge in [0.1, 0.15) is 0 Å². The van der Waals surface area contributed by atoms with Crippen molar-refractivity contribution in [2.24, 2.45) is 5.41 Å². The molecule has 3 rings (SSSR count). The van der Waals surface area contributed by atoms with E-state index in [4.69, 9.17) is 0 Å². The predicted octanol–water partition coefficient (Wildman–Crippen LogP) is 1.88. The van der Waals surface area contributed by atoms with Crippen molar-refractivity contribution >= 4 is 5.69 Å². The van der Waals surface area contributed by atoms with E-state index in [0.29, 0.717) is 5.41 Å². The highest BCUT2D eigenvalue weighted by atomic mass is 15.2. The molecule has 2 heterocycles. The maximum atomic E-state index is 3.42. The molecular weight excluding hydrogens is 184 g/mol. The summed E-state index contributed by atoms with van der Waals surface area (Å²) in [5, 5.41) is 3.42. The van der Waals surface area contributed by atoms with Gasteiger partial charge in [0.15, 0.2) is 0 Å². The van der Waals surface area contributed by atoms with Crippen LogP contribution in [0.5, 0.6) is 0 Å². The number of hydrogen-bond acceptors (Lipinski definition) is 2. The molecule has 2 saturated heterocycles. The van der Waals surface area contributed by atoms with Gasteiger partial charge in [-0.3, -0.25) is 0 Å². The topological polar surface area (TPSA) is 15.3 Å². The molecule has 0 bridgehead atoms. The summed E-state index contributed by atoms with van der Waals surface area (Å²) < 4.78 is 0. The van der Waals surface area contributed by atoms with Crippen molar-refractivity contribution < 1.29 is 0 Å². The molecule has 15 heavy (non-hydrogen) atoms. The van der Waals surface area contributed by atoms with E-state index < -0.39 is 0 Å². The molecule has 80 valence electrons. The molecule has 0 aliphatic carbocycles. The summed E-state index contributed by atoms with van der Waals surface area (Å²) in [4.78, 5) is 2.55. The SMILES string of the molecule is c1ccc(N2CCCC3(CNC3)C2)cc1. The summed E-state index contributed by atoms with van der Waals surface area (Å²) in [6.45, 7) is 4.91. The number of rotatable bonds is 1. The fraction of sp³-hybridized carbons (Fsp3) is 0.538. The quantitative estimate of drug-likeness (QED) is 0.748. The molecule has 2 nitrogen and oxygen atoms in total. The Balaban J connectivity index is 1.77. The van der Waals surface area contributed by atoms with E-state index in [0.717, 1.165) is 0 Å². The van der Waals surface area contributed by atoms with Crippen LogP contribution in [-0.2, 0) is 0 Å². The first kappa shape index (κ1) is 9.22. The van der Waals surface area contributed by atoms with Gasteiger partial charge in [0, 0.05) is 37.3 Å². The summed E-state index contributed by atoms with van der Waals surface area (Å²) in [5.41, 5.74) is 1.98. The van der Waals surface area contributed by atoms with Gasteiger partial charge in [-0.15, -0.1) is 0 Å². The molecule has 2 heteroatoms. The Morgan fingerprint density at radius 3 is 2.60 bits per heavy atom. The number of anilines is 1. The highest BCUT2D eigenvalue weighted by molar-refractivity contribution is 5.46. The first-order chi connectivity index (χ1) is 7.38. The van der Waals surface area contributed by atoms with E-state index >= 15 is 0 Å². The van der Waals surface area contributed by atoms with Crippen LogP contribution in [0.3, 0.4) is 0 Å².